The van der Waals surface area contributed by atoms with Gasteiger partial charge in [-0.15, -0.1) is 0 Å². The van der Waals surface area contributed by atoms with Gasteiger partial charge >= 0.3 is 6.09 Å². The Balaban J connectivity index is 2.36. The minimum Gasteiger partial charge on any atom is -0.464 e. The molecule has 3 heterocycles. The molecule has 0 fully saturated rings. The average Bonchev–Trinajstić information content (AvgIpc) is 2.83. The Hall–Kier alpha value is -2.69. The number of nitrogens with zero attached hydrogens (tertiary/aromatic N) is 3. The molecule has 88 valence electrons. The highest BCUT2D eigenvalue weighted by Crippen LogP contribution is 2.27. The summed E-state index contributed by atoms with van der Waals surface area (Å²) in [5.74, 6) is 0. The van der Waals surface area contributed by atoms with Crippen molar-refractivity contribution in [3.8, 4) is 11.1 Å². The van der Waals surface area contributed by atoms with Gasteiger partial charge in [0.2, 0.25) is 0 Å². The van der Waals surface area contributed by atoms with Crippen LogP contribution in [-0.4, -0.2) is 25.7 Å². The number of pyridine rings is 2. The number of hydrogen-bond acceptors (Lipinski definition) is 3. The lowest BCUT2D eigenvalue weighted by molar-refractivity contribution is 0.197. The highest BCUT2D eigenvalue weighted by Gasteiger charge is 2.12. The van der Waals surface area contributed by atoms with E-state index in [0.29, 0.717) is 11.0 Å². The first-order chi connectivity index (χ1) is 8.77. The van der Waals surface area contributed by atoms with Crippen LogP contribution < -0.4 is 0 Å². The van der Waals surface area contributed by atoms with Crippen molar-refractivity contribution in [3.63, 3.8) is 0 Å². The summed E-state index contributed by atoms with van der Waals surface area (Å²) in [5.41, 5.74) is 3.00. The lowest BCUT2D eigenvalue weighted by atomic mass is 10.1. The van der Waals surface area contributed by atoms with Crippen LogP contribution in [0.2, 0.25) is 0 Å². The molecule has 1 N–H and O–H groups in total. The molecule has 0 atom stereocenters. The third kappa shape index (κ3) is 1.53. The fourth-order valence-electron chi connectivity index (χ4n) is 1.99. The van der Waals surface area contributed by atoms with Crippen LogP contribution in [0.5, 0.6) is 0 Å². The molecule has 3 aromatic rings. The van der Waals surface area contributed by atoms with Crippen molar-refractivity contribution in [1.29, 1.82) is 0 Å². The van der Waals surface area contributed by atoms with Gasteiger partial charge in [0, 0.05) is 30.4 Å². The van der Waals surface area contributed by atoms with Crippen molar-refractivity contribution in [1.82, 2.24) is 14.5 Å². The summed E-state index contributed by atoms with van der Waals surface area (Å²) in [6.45, 7) is 0. The van der Waals surface area contributed by atoms with E-state index >= 15 is 0 Å². The van der Waals surface area contributed by atoms with E-state index in [9.17, 15) is 4.79 Å². The van der Waals surface area contributed by atoms with Crippen LogP contribution in [0.25, 0.3) is 22.2 Å². The van der Waals surface area contributed by atoms with Gasteiger partial charge in [0.05, 0.1) is 11.0 Å². The van der Waals surface area contributed by atoms with Gasteiger partial charge in [-0.3, -0.25) is 14.5 Å². The van der Waals surface area contributed by atoms with Gasteiger partial charge in [-0.25, -0.2) is 4.79 Å². The first-order valence-corrected chi connectivity index (χ1v) is 5.37. The predicted octanol–water partition coefficient (Wildman–Crippen LogP) is 2.62. The van der Waals surface area contributed by atoms with Crippen molar-refractivity contribution in [2.24, 2.45) is 0 Å². The molecular formula is C13H9N3O2. The number of carbonyl (C=O) groups is 1. The molecule has 0 aliphatic rings. The number of fused-ring (bicyclic) bond motifs is 1. The topological polar surface area (TPSA) is 68.0 Å². The second-order valence-electron chi connectivity index (χ2n) is 3.80. The average molecular weight is 239 g/mol. The lowest BCUT2D eigenvalue weighted by Crippen LogP contribution is -2.06. The van der Waals surface area contributed by atoms with Crippen LogP contribution in [0.15, 0.2) is 49.1 Å². The zero-order valence-electron chi connectivity index (χ0n) is 9.32. The van der Waals surface area contributed by atoms with Crippen LogP contribution in [0.3, 0.4) is 0 Å². The highest BCUT2D eigenvalue weighted by atomic mass is 16.4. The van der Waals surface area contributed by atoms with Crippen molar-refractivity contribution in [2.45, 2.75) is 0 Å². The Morgan fingerprint density at radius 3 is 2.61 bits per heavy atom. The van der Waals surface area contributed by atoms with Gasteiger partial charge in [0.1, 0.15) is 0 Å². The first-order valence-electron chi connectivity index (χ1n) is 5.37. The van der Waals surface area contributed by atoms with E-state index in [4.69, 9.17) is 5.11 Å². The molecule has 0 aliphatic heterocycles. The number of rotatable bonds is 1. The molecule has 3 aromatic heterocycles. The zero-order valence-corrected chi connectivity index (χ0v) is 9.32. The highest BCUT2D eigenvalue weighted by molar-refractivity contribution is 5.97. The van der Waals surface area contributed by atoms with Crippen LogP contribution in [0.1, 0.15) is 0 Å². The molecule has 0 bridgehead atoms. The van der Waals surface area contributed by atoms with E-state index in [1.807, 2.05) is 12.1 Å². The van der Waals surface area contributed by atoms with E-state index in [0.717, 1.165) is 11.1 Å². The van der Waals surface area contributed by atoms with Gasteiger partial charge < -0.3 is 5.11 Å². The van der Waals surface area contributed by atoms with Crippen molar-refractivity contribution < 1.29 is 9.90 Å². The first kappa shape index (κ1) is 10.5. The molecule has 0 aliphatic carbocycles. The number of aromatic nitrogens is 3. The quantitative estimate of drug-likeness (QED) is 0.708. The Bertz CT molecular complexity index is 719. The van der Waals surface area contributed by atoms with Crippen molar-refractivity contribution in [2.75, 3.05) is 0 Å². The molecule has 3 rings (SSSR count). The molecule has 0 aromatic carbocycles. The number of hydrogen-bond donors (Lipinski definition) is 1. The lowest BCUT2D eigenvalue weighted by Gasteiger charge is -2.05. The second-order valence-corrected chi connectivity index (χ2v) is 3.80. The minimum atomic E-state index is -1.02. The maximum absolute atomic E-state index is 11.2. The third-order valence-corrected chi connectivity index (χ3v) is 2.77. The summed E-state index contributed by atoms with van der Waals surface area (Å²) < 4.78 is 1.18. The third-order valence-electron chi connectivity index (χ3n) is 2.77. The molecule has 0 saturated carbocycles. The number of carboxylic acid groups (broad SMARTS) is 1. The van der Waals surface area contributed by atoms with E-state index in [1.54, 1.807) is 30.7 Å². The Morgan fingerprint density at radius 1 is 1.11 bits per heavy atom. The Labute approximate surface area is 102 Å². The van der Waals surface area contributed by atoms with Crippen LogP contribution in [0, 0.1) is 0 Å². The van der Waals surface area contributed by atoms with E-state index < -0.39 is 6.09 Å². The van der Waals surface area contributed by atoms with Gasteiger partial charge in [-0.1, -0.05) is 0 Å². The Kier molecular flexibility index (Phi) is 2.30. The van der Waals surface area contributed by atoms with E-state index in [-0.39, 0.29) is 0 Å². The second kappa shape index (κ2) is 3.96. The SMILES string of the molecule is O=C(O)n1ccc2nccc(-c3ccncc3)c21. The molecule has 0 spiro atoms. The van der Waals surface area contributed by atoms with Gasteiger partial charge in [-0.05, 0) is 29.8 Å². The van der Waals surface area contributed by atoms with Crippen molar-refractivity contribution in [3.05, 3.63) is 49.1 Å². The Morgan fingerprint density at radius 2 is 1.89 bits per heavy atom. The molecule has 18 heavy (non-hydrogen) atoms. The maximum Gasteiger partial charge on any atom is 0.416 e. The zero-order chi connectivity index (χ0) is 12.5. The minimum absolute atomic E-state index is 0.594. The molecule has 5 heteroatoms. The molecule has 5 nitrogen and oxygen atoms in total. The summed E-state index contributed by atoms with van der Waals surface area (Å²) in [6.07, 6.45) is 5.51. The van der Waals surface area contributed by atoms with Crippen LogP contribution >= 0.6 is 0 Å². The molecule has 0 saturated heterocycles. The van der Waals surface area contributed by atoms with Gasteiger partial charge in [-0.2, -0.15) is 0 Å². The maximum atomic E-state index is 11.2. The van der Waals surface area contributed by atoms with Crippen molar-refractivity contribution >= 4 is 17.1 Å². The standard InChI is InChI=1S/C13H9N3O2/c17-13(18)16-8-4-11-12(16)10(3-7-15-11)9-1-5-14-6-2-9/h1-8H,(H,17,18). The fourth-order valence-corrected chi connectivity index (χ4v) is 1.99. The van der Waals surface area contributed by atoms with E-state index in [2.05, 4.69) is 9.97 Å². The van der Waals surface area contributed by atoms with Gasteiger partial charge in [0.25, 0.3) is 0 Å². The largest absolute Gasteiger partial charge is 0.464 e. The molecule has 0 unspecified atom stereocenters. The summed E-state index contributed by atoms with van der Waals surface area (Å²) in [4.78, 5) is 19.3. The summed E-state index contributed by atoms with van der Waals surface area (Å²) in [6, 6.07) is 7.17. The predicted molar refractivity (Wildman–Crippen MR) is 66.4 cm³/mol. The van der Waals surface area contributed by atoms with E-state index in [1.165, 1.54) is 10.8 Å². The smallest absolute Gasteiger partial charge is 0.416 e. The molecule has 0 amide bonds. The normalized spacial score (nSPS) is 10.7. The monoisotopic (exact) mass is 239 g/mol. The fraction of sp³-hybridized carbons (Fsp3) is 0. The summed E-state index contributed by atoms with van der Waals surface area (Å²) >= 11 is 0. The van der Waals surface area contributed by atoms with Gasteiger partial charge in [0.15, 0.2) is 0 Å². The molecular weight excluding hydrogens is 230 g/mol. The van der Waals surface area contributed by atoms with Crippen LogP contribution in [0.4, 0.5) is 4.79 Å². The summed E-state index contributed by atoms with van der Waals surface area (Å²) in [7, 11) is 0. The summed E-state index contributed by atoms with van der Waals surface area (Å²) in [5, 5.41) is 9.17. The van der Waals surface area contributed by atoms with Crippen LogP contribution in [-0.2, 0) is 0 Å². The molecule has 0 radical (unpaired) electrons.